The molecule has 5 heteroatoms. The van der Waals surface area contributed by atoms with E-state index >= 15 is 0 Å². The van der Waals surface area contributed by atoms with Crippen LogP contribution in [0.15, 0.2) is 29.4 Å². The Balaban J connectivity index is 2.16. The Morgan fingerprint density at radius 2 is 1.86 bits per heavy atom. The van der Waals surface area contributed by atoms with Crippen LogP contribution in [0.2, 0.25) is 0 Å². The highest BCUT2D eigenvalue weighted by Gasteiger charge is 2.07. The lowest BCUT2D eigenvalue weighted by Gasteiger charge is -2.14. The molecule has 22 heavy (non-hydrogen) atoms. The largest absolute Gasteiger partial charge is 0.370 e. The first-order chi connectivity index (χ1) is 10.6. The maximum absolute atomic E-state index is 6.07. The highest BCUT2D eigenvalue weighted by atomic mass is 15.3. The molecule has 0 bridgehead atoms. The predicted molar refractivity (Wildman–Crippen MR) is 92.1 cm³/mol. The van der Waals surface area contributed by atoms with Crippen molar-refractivity contribution in [3.05, 3.63) is 46.8 Å². The summed E-state index contributed by atoms with van der Waals surface area (Å²) >= 11 is 0. The third-order valence-electron chi connectivity index (χ3n) is 4.01. The van der Waals surface area contributed by atoms with Gasteiger partial charge in [-0.15, -0.1) is 0 Å². The molecule has 0 saturated heterocycles. The Bertz CT molecular complexity index is 647. The number of aryl methyl sites for hydroxylation is 3. The molecule has 0 saturated carbocycles. The average molecular weight is 299 g/mol. The lowest BCUT2D eigenvalue weighted by Crippen LogP contribution is -2.24. The average Bonchev–Trinajstić information content (AvgIpc) is 2.84. The number of hydrogen-bond acceptors (Lipinski definition) is 2. The number of hydrogen-bond donors (Lipinski definition) is 2. The zero-order valence-electron chi connectivity index (χ0n) is 13.8. The summed E-state index contributed by atoms with van der Waals surface area (Å²) in [5, 5.41) is 7.50. The maximum atomic E-state index is 6.07. The second-order valence-corrected chi connectivity index (χ2v) is 5.36. The summed E-state index contributed by atoms with van der Waals surface area (Å²) in [6, 6.07) is 6.34. The molecule has 0 atom stereocenters. The van der Waals surface area contributed by atoms with Gasteiger partial charge in [-0.05, 0) is 30.9 Å². The number of benzene rings is 1. The van der Waals surface area contributed by atoms with Gasteiger partial charge in [0.05, 0.1) is 12.7 Å². The summed E-state index contributed by atoms with van der Waals surface area (Å²) in [6.07, 6.45) is 3.76. The van der Waals surface area contributed by atoms with Crippen molar-refractivity contribution < 1.29 is 0 Å². The number of anilines is 1. The number of nitrogens with one attached hydrogen (secondary N) is 1. The van der Waals surface area contributed by atoms with E-state index in [1.165, 1.54) is 11.1 Å². The molecule has 0 radical (unpaired) electrons. The van der Waals surface area contributed by atoms with Gasteiger partial charge >= 0.3 is 0 Å². The molecule has 0 aliphatic heterocycles. The van der Waals surface area contributed by atoms with Crippen LogP contribution in [0.25, 0.3) is 0 Å². The van der Waals surface area contributed by atoms with Crippen molar-refractivity contribution in [3.63, 3.8) is 0 Å². The second-order valence-electron chi connectivity index (χ2n) is 5.36. The van der Waals surface area contributed by atoms with Crippen molar-refractivity contribution in [2.75, 3.05) is 5.32 Å². The van der Waals surface area contributed by atoms with Crippen molar-refractivity contribution in [1.29, 1.82) is 0 Å². The van der Waals surface area contributed by atoms with Gasteiger partial charge in [0.1, 0.15) is 0 Å². The van der Waals surface area contributed by atoms with Crippen LogP contribution in [-0.2, 0) is 26.4 Å². The van der Waals surface area contributed by atoms with Crippen LogP contribution in [0.1, 0.15) is 36.2 Å². The lowest BCUT2D eigenvalue weighted by atomic mass is 10.0. The van der Waals surface area contributed by atoms with Crippen molar-refractivity contribution in [1.82, 2.24) is 9.78 Å². The SMILES string of the molecule is CCc1cccc(CC)c1NC(N)=NCc1cnn(C)c1C. The van der Waals surface area contributed by atoms with Gasteiger partial charge < -0.3 is 11.1 Å². The first-order valence-corrected chi connectivity index (χ1v) is 7.72. The van der Waals surface area contributed by atoms with Crippen LogP contribution in [0.4, 0.5) is 5.69 Å². The van der Waals surface area contributed by atoms with E-state index in [-0.39, 0.29) is 0 Å². The molecule has 1 aromatic carbocycles. The van der Waals surface area contributed by atoms with Crippen LogP contribution in [0, 0.1) is 6.92 Å². The van der Waals surface area contributed by atoms with Crippen LogP contribution in [0.3, 0.4) is 0 Å². The number of nitrogens with two attached hydrogens (primary N) is 1. The molecular formula is C17H25N5. The van der Waals surface area contributed by atoms with E-state index in [0.717, 1.165) is 29.8 Å². The number of nitrogens with zero attached hydrogens (tertiary/aromatic N) is 3. The van der Waals surface area contributed by atoms with Gasteiger partial charge in [-0.2, -0.15) is 5.10 Å². The molecule has 0 spiro atoms. The number of aromatic nitrogens is 2. The fourth-order valence-electron chi connectivity index (χ4n) is 2.44. The molecule has 1 aromatic heterocycles. The molecular weight excluding hydrogens is 274 g/mol. The predicted octanol–water partition coefficient (Wildman–Crippen LogP) is 2.78. The van der Waals surface area contributed by atoms with Gasteiger partial charge in [0.25, 0.3) is 0 Å². The first kappa shape index (κ1) is 16.1. The van der Waals surface area contributed by atoms with Crippen LogP contribution < -0.4 is 11.1 Å². The molecule has 0 aliphatic carbocycles. The van der Waals surface area contributed by atoms with Gasteiger partial charge in [0, 0.05) is 24.0 Å². The van der Waals surface area contributed by atoms with Crippen LogP contribution in [-0.4, -0.2) is 15.7 Å². The summed E-state index contributed by atoms with van der Waals surface area (Å²) in [6.45, 7) is 6.86. The molecule has 0 aliphatic rings. The van der Waals surface area contributed by atoms with Crippen molar-refractivity contribution in [2.24, 2.45) is 17.8 Å². The number of para-hydroxylation sites is 1. The van der Waals surface area contributed by atoms with E-state index in [1.807, 2.05) is 24.9 Å². The van der Waals surface area contributed by atoms with E-state index in [2.05, 4.69) is 47.5 Å². The third-order valence-corrected chi connectivity index (χ3v) is 4.01. The number of aliphatic imine (C=N–C) groups is 1. The lowest BCUT2D eigenvalue weighted by molar-refractivity contribution is 0.737. The quantitative estimate of drug-likeness (QED) is 0.659. The van der Waals surface area contributed by atoms with E-state index in [4.69, 9.17) is 5.73 Å². The van der Waals surface area contributed by atoms with E-state index in [0.29, 0.717) is 12.5 Å². The van der Waals surface area contributed by atoms with Crippen molar-refractivity contribution in [2.45, 2.75) is 40.2 Å². The van der Waals surface area contributed by atoms with Crippen LogP contribution in [0.5, 0.6) is 0 Å². The highest BCUT2D eigenvalue weighted by molar-refractivity contribution is 5.93. The summed E-state index contributed by atoms with van der Waals surface area (Å²) in [5.41, 5.74) is 11.9. The van der Waals surface area contributed by atoms with Gasteiger partial charge in [-0.3, -0.25) is 4.68 Å². The Labute approximate surface area is 132 Å². The molecule has 118 valence electrons. The summed E-state index contributed by atoms with van der Waals surface area (Å²) in [4.78, 5) is 4.44. The van der Waals surface area contributed by atoms with Crippen molar-refractivity contribution >= 4 is 11.6 Å². The molecule has 1 heterocycles. The summed E-state index contributed by atoms with van der Waals surface area (Å²) < 4.78 is 1.84. The Hall–Kier alpha value is -2.30. The minimum Gasteiger partial charge on any atom is -0.370 e. The number of guanidine groups is 1. The van der Waals surface area contributed by atoms with E-state index in [1.54, 1.807) is 0 Å². The zero-order chi connectivity index (χ0) is 16.1. The number of rotatable bonds is 5. The van der Waals surface area contributed by atoms with Gasteiger partial charge in [-0.1, -0.05) is 32.0 Å². The standard InChI is InChI=1S/C17H25N5/c1-5-13-8-7-9-14(6-2)16(13)21-17(18)19-10-15-11-20-22(4)12(15)3/h7-9,11H,5-6,10H2,1-4H3,(H3,18,19,21). The molecule has 5 nitrogen and oxygen atoms in total. The topological polar surface area (TPSA) is 68.2 Å². The third kappa shape index (κ3) is 3.47. The Morgan fingerprint density at radius 1 is 1.23 bits per heavy atom. The minimum atomic E-state index is 0.443. The fourth-order valence-corrected chi connectivity index (χ4v) is 2.44. The summed E-state index contributed by atoms with van der Waals surface area (Å²) in [5.74, 6) is 0.443. The Morgan fingerprint density at radius 3 is 2.36 bits per heavy atom. The Kier molecular flexibility index (Phi) is 5.20. The van der Waals surface area contributed by atoms with Gasteiger partial charge in [0.2, 0.25) is 0 Å². The molecule has 0 amide bonds. The molecule has 2 rings (SSSR count). The summed E-state index contributed by atoms with van der Waals surface area (Å²) in [7, 11) is 1.93. The van der Waals surface area contributed by atoms with E-state index in [9.17, 15) is 0 Å². The minimum absolute atomic E-state index is 0.443. The van der Waals surface area contributed by atoms with Crippen molar-refractivity contribution in [3.8, 4) is 0 Å². The van der Waals surface area contributed by atoms with Gasteiger partial charge in [0.15, 0.2) is 5.96 Å². The second kappa shape index (κ2) is 7.11. The molecule has 3 N–H and O–H groups in total. The molecule has 0 fully saturated rings. The zero-order valence-corrected chi connectivity index (χ0v) is 13.8. The normalized spacial score (nSPS) is 11.7. The van der Waals surface area contributed by atoms with E-state index < -0.39 is 0 Å². The maximum Gasteiger partial charge on any atom is 0.193 e. The van der Waals surface area contributed by atoms with Gasteiger partial charge in [-0.25, -0.2) is 4.99 Å². The van der Waals surface area contributed by atoms with Crippen LogP contribution >= 0.6 is 0 Å². The highest BCUT2D eigenvalue weighted by Crippen LogP contribution is 2.22. The first-order valence-electron chi connectivity index (χ1n) is 7.72. The molecule has 0 unspecified atom stereocenters. The molecule has 2 aromatic rings. The monoisotopic (exact) mass is 299 g/mol. The smallest absolute Gasteiger partial charge is 0.193 e. The fraction of sp³-hybridized carbons (Fsp3) is 0.412.